The molecule has 0 bridgehead atoms. The van der Waals surface area contributed by atoms with Crippen LogP contribution in [0.25, 0.3) is 0 Å². The smallest absolute Gasteiger partial charge is 0.185 e. The van der Waals surface area contributed by atoms with E-state index in [1.165, 1.54) is 12.1 Å². The standard InChI is InChI=1S/C15H17FN2O2S/c1-19-9-12-10-21-15(17-12)18-6-5-14(8-18)20-13-4-2-3-11(16)7-13/h2-4,7,10,14H,5-6,8-9H2,1H3. The molecule has 1 aromatic carbocycles. The molecule has 6 heteroatoms. The SMILES string of the molecule is COCc1csc(N2CCC(Oc3cccc(F)c3)C2)n1. The van der Waals surface area contributed by atoms with E-state index in [4.69, 9.17) is 9.47 Å². The number of aromatic nitrogens is 1. The van der Waals surface area contributed by atoms with Gasteiger partial charge in [0.1, 0.15) is 17.7 Å². The third-order valence-corrected chi connectivity index (χ3v) is 4.30. The summed E-state index contributed by atoms with van der Waals surface area (Å²) in [5, 5.41) is 3.01. The molecule has 1 aliphatic heterocycles. The molecule has 0 aliphatic carbocycles. The summed E-state index contributed by atoms with van der Waals surface area (Å²) in [6, 6.07) is 6.28. The van der Waals surface area contributed by atoms with Crippen molar-refractivity contribution in [3.63, 3.8) is 0 Å². The van der Waals surface area contributed by atoms with Gasteiger partial charge in [-0.25, -0.2) is 9.37 Å². The molecule has 0 spiro atoms. The first-order valence-corrected chi connectivity index (χ1v) is 7.73. The first-order valence-electron chi connectivity index (χ1n) is 6.85. The molecule has 1 aromatic heterocycles. The number of nitrogens with zero attached hydrogens (tertiary/aromatic N) is 2. The minimum Gasteiger partial charge on any atom is -0.488 e. The normalized spacial score (nSPS) is 18.2. The van der Waals surface area contributed by atoms with Gasteiger partial charge >= 0.3 is 0 Å². The molecular weight excluding hydrogens is 291 g/mol. The fraction of sp³-hybridized carbons (Fsp3) is 0.400. The molecule has 0 radical (unpaired) electrons. The van der Waals surface area contributed by atoms with Crippen LogP contribution < -0.4 is 9.64 Å². The van der Waals surface area contributed by atoms with Crippen LogP contribution in [0.5, 0.6) is 5.75 Å². The van der Waals surface area contributed by atoms with Gasteiger partial charge in [-0.1, -0.05) is 6.07 Å². The fourth-order valence-corrected chi connectivity index (χ4v) is 3.23. The van der Waals surface area contributed by atoms with E-state index in [1.54, 1.807) is 30.6 Å². The molecule has 0 amide bonds. The average molecular weight is 308 g/mol. The minimum atomic E-state index is -0.272. The summed E-state index contributed by atoms with van der Waals surface area (Å²) < 4.78 is 24.1. The molecule has 1 aliphatic rings. The second-order valence-electron chi connectivity index (χ2n) is 4.99. The van der Waals surface area contributed by atoms with Gasteiger partial charge in [0.25, 0.3) is 0 Å². The maximum atomic E-state index is 13.1. The Hall–Kier alpha value is -1.66. The van der Waals surface area contributed by atoms with Gasteiger partial charge in [0.15, 0.2) is 5.13 Å². The van der Waals surface area contributed by atoms with Crippen LogP contribution in [0.4, 0.5) is 9.52 Å². The van der Waals surface area contributed by atoms with Gasteiger partial charge in [-0.05, 0) is 12.1 Å². The molecule has 21 heavy (non-hydrogen) atoms. The number of thiazole rings is 1. The van der Waals surface area contributed by atoms with Crippen LogP contribution in [0, 0.1) is 5.82 Å². The summed E-state index contributed by atoms with van der Waals surface area (Å²) in [6.45, 7) is 2.21. The van der Waals surface area contributed by atoms with E-state index in [0.717, 1.165) is 30.3 Å². The first-order chi connectivity index (χ1) is 10.2. The predicted octanol–water partition coefficient (Wildman–Crippen LogP) is 3.09. The molecule has 2 aromatic rings. The lowest BCUT2D eigenvalue weighted by Crippen LogP contribution is -2.24. The molecule has 0 saturated carbocycles. The zero-order valence-electron chi connectivity index (χ0n) is 11.8. The summed E-state index contributed by atoms with van der Waals surface area (Å²) in [5.74, 6) is 0.313. The third-order valence-electron chi connectivity index (χ3n) is 3.35. The lowest BCUT2D eigenvalue weighted by Gasteiger charge is -2.16. The van der Waals surface area contributed by atoms with Crippen molar-refractivity contribution in [2.24, 2.45) is 0 Å². The Bertz CT molecular complexity index is 605. The molecule has 3 rings (SSSR count). The third kappa shape index (κ3) is 3.51. The second kappa shape index (κ2) is 6.41. The Morgan fingerprint density at radius 1 is 1.48 bits per heavy atom. The van der Waals surface area contributed by atoms with E-state index in [-0.39, 0.29) is 11.9 Å². The molecule has 0 N–H and O–H groups in total. The fourth-order valence-electron chi connectivity index (χ4n) is 2.39. The first kappa shape index (κ1) is 14.3. The zero-order chi connectivity index (χ0) is 14.7. The maximum absolute atomic E-state index is 13.1. The van der Waals surface area contributed by atoms with Crippen LogP contribution in [0.1, 0.15) is 12.1 Å². The molecule has 1 unspecified atom stereocenters. The van der Waals surface area contributed by atoms with Crippen LogP contribution in [0.2, 0.25) is 0 Å². The Kier molecular flexibility index (Phi) is 4.36. The Morgan fingerprint density at radius 2 is 2.38 bits per heavy atom. The van der Waals surface area contributed by atoms with Crippen molar-refractivity contribution in [3.8, 4) is 5.75 Å². The van der Waals surface area contributed by atoms with Crippen molar-refractivity contribution in [2.45, 2.75) is 19.1 Å². The number of ether oxygens (including phenoxy) is 2. The van der Waals surface area contributed by atoms with E-state index in [1.807, 2.05) is 5.38 Å². The van der Waals surface area contributed by atoms with E-state index in [0.29, 0.717) is 12.4 Å². The molecule has 1 atom stereocenters. The Balaban J connectivity index is 1.59. The van der Waals surface area contributed by atoms with Gasteiger partial charge in [0, 0.05) is 31.5 Å². The number of rotatable bonds is 5. The van der Waals surface area contributed by atoms with Crippen molar-refractivity contribution in [1.82, 2.24) is 4.98 Å². The number of methoxy groups -OCH3 is 1. The van der Waals surface area contributed by atoms with Crippen molar-refractivity contribution in [2.75, 3.05) is 25.1 Å². The Labute approximate surface area is 127 Å². The summed E-state index contributed by atoms with van der Waals surface area (Å²) in [7, 11) is 1.66. The Morgan fingerprint density at radius 3 is 3.19 bits per heavy atom. The lowest BCUT2D eigenvalue weighted by molar-refractivity contribution is 0.182. The van der Waals surface area contributed by atoms with Gasteiger partial charge in [0.05, 0.1) is 18.8 Å². The van der Waals surface area contributed by atoms with Gasteiger partial charge < -0.3 is 14.4 Å². The summed E-state index contributed by atoms with van der Waals surface area (Å²) in [6.07, 6.45) is 0.983. The molecule has 1 fully saturated rings. The zero-order valence-corrected chi connectivity index (χ0v) is 12.6. The summed E-state index contributed by atoms with van der Waals surface area (Å²) in [4.78, 5) is 6.74. The summed E-state index contributed by atoms with van der Waals surface area (Å²) in [5.41, 5.74) is 0.951. The highest BCUT2D eigenvalue weighted by atomic mass is 32.1. The maximum Gasteiger partial charge on any atom is 0.185 e. The van der Waals surface area contributed by atoms with E-state index < -0.39 is 0 Å². The number of halogens is 1. The molecule has 4 nitrogen and oxygen atoms in total. The molecule has 112 valence electrons. The largest absolute Gasteiger partial charge is 0.488 e. The van der Waals surface area contributed by atoms with Gasteiger partial charge in [-0.15, -0.1) is 11.3 Å². The van der Waals surface area contributed by atoms with Crippen LogP contribution in [0.3, 0.4) is 0 Å². The summed E-state index contributed by atoms with van der Waals surface area (Å²) >= 11 is 1.62. The van der Waals surface area contributed by atoms with Crippen molar-refractivity contribution >= 4 is 16.5 Å². The van der Waals surface area contributed by atoms with Crippen LogP contribution in [-0.2, 0) is 11.3 Å². The second-order valence-corrected chi connectivity index (χ2v) is 5.82. The molecule has 1 saturated heterocycles. The van der Waals surface area contributed by atoms with Crippen LogP contribution in [-0.4, -0.2) is 31.3 Å². The topological polar surface area (TPSA) is 34.6 Å². The lowest BCUT2D eigenvalue weighted by atomic mass is 10.3. The quantitative estimate of drug-likeness (QED) is 0.850. The minimum absolute atomic E-state index is 0.0709. The number of benzene rings is 1. The van der Waals surface area contributed by atoms with E-state index in [2.05, 4.69) is 9.88 Å². The van der Waals surface area contributed by atoms with Gasteiger partial charge in [0.2, 0.25) is 0 Å². The van der Waals surface area contributed by atoms with Crippen LogP contribution >= 0.6 is 11.3 Å². The van der Waals surface area contributed by atoms with Crippen molar-refractivity contribution in [1.29, 1.82) is 0 Å². The predicted molar refractivity (Wildman–Crippen MR) is 80.5 cm³/mol. The highest BCUT2D eigenvalue weighted by molar-refractivity contribution is 7.13. The molecular formula is C15H17FN2O2S. The van der Waals surface area contributed by atoms with Gasteiger partial charge in [-0.2, -0.15) is 0 Å². The van der Waals surface area contributed by atoms with Crippen LogP contribution in [0.15, 0.2) is 29.6 Å². The van der Waals surface area contributed by atoms with Crippen molar-refractivity contribution in [3.05, 3.63) is 41.2 Å². The number of hydrogen-bond acceptors (Lipinski definition) is 5. The van der Waals surface area contributed by atoms with Gasteiger partial charge in [-0.3, -0.25) is 0 Å². The highest BCUT2D eigenvalue weighted by Crippen LogP contribution is 2.27. The molecule has 2 heterocycles. The highest BCUT2D eigenvalue weighted by Gasteiger charge is 2.26. The number of anilines is 1. The van der Waals surface area contributed by atoms with E-state index in [9.17, 15) is 4.39 Å². The number of hydrogen-bond donors (Lipinski definition) is 0. The van der Waals surface area contributed by atoms with Crippen molar-refractivity contribution < 1.29 is 13.9 Å². The average Bonchev–Trinajstić information content (AvgIpc) is 3.08. The van der Waals surface area contributed by atoms with E-state index >= 15 is 0 Å². The monoisotopic (exact) mass is 308 g/mol.